The van der Waals surface area contributed by atoms with Gasteiger partial charge in [-0.15, -0.1) is 45.8 Å². The fraction of sp³-hybridized carbons (Fsp3) is 0.231. The van der Waals surface area contributed by atoms with Crippen LogP contribution in [0.1, 0.15) is 27.8 Å². The number of rotatable bonds is 12. The number of thiophene rings is 3. The van der Waals surface area contributed by atoms with Crippen LogP contribution < -0.4 is 11.5 Å². The van der Waals surface area contributed by atoms with Gasteiger partial charge in [0.1, 0.15) is 0 Å². The summed E-state index contributed by atoms with van der Waals surface area (Å²) in [5.41, 5.74) is 14.5. The number of allylic oxidation sites excluding steroid dienone is 3. The summed E-state index contributed by atoms with van der Waals surface area (Å²) in [4.78, 5) is 10.3. The predicted octanol–water partition coefficient (Wildman–Crippen LogP) is 8.33. The van der Waals surface area contributed by atoms with E-state index in [4.69, 9.17) is 11.5 Å². The first kappa shape index (κ1) is 26.3. The summed E-state index contributed by atoms with van der Waals surface area (Å²) < 4.78 is 0. The van der Waals surface area contributed by atoms with Crippen molar-refractivity contribution in [2.24, 2.45) is 11.5 Å². The highest BCUT2D eigenvalue weighted by Gasteiger charge is 2.18. The highest BCUT2D eigenvalue weighted by atomic mass is 32.2. The molecule has 0 aliphatic heterocycles. The number of hydrogen-bond acceptors (Lipinski definition) is 7. The minimum Gasteiger partial charge on any atom is -0.330 e. The van der Waals surface area contributed by atoms with E-state index in [1.807, 2.05) is 45.5 Å². The molecule has 7 heteroatoms. The van der Waals surface area contributed by atoms with Crippen LogP contribution in [0.2, 0.25) is 0 Å². The Hall–Kier alpha value is -1.32. The molecule has 0 unspecified atom stereocenters. The van der Waals surface area contributed by atoms with Gasteiger partial charge in [-0.25, -0.2) is 0 Å². The standard InChI is InChI=1S/C26H30N2S5/c1-5-8-20(29-4)24-16-18(12-14-28)26(33-24)22-10-9-21(31-22)25-17(11-13-27)15-23(32-25)19(6-2)30-7-3/h5-10,15-16H,1,3,11-14,27-28H2,2,4H3/b19-6-,20-8-. The van der Waals surface area contributed by atoms with Gasteiger partial charge in [0.2, 0.25) is 0 Å². The van der Waals surface area contributed by atoms with E-state index in [0.717, 1.165) is 12.8 Å². The van der Waals surface area contributed by atoms with Gasteiger partial charge in [-0.1, -0.05) is 37.1 Å². The molecule has 0 saturated carbocycles. The molecule has 0 aromatic carbocycles. The van der Waals surface area contributed by atoms with E-state index in [-0.39, 0.29) is 0 Å². The van der Waals surface area contributed by atoms with Crippen LogP contribution in [0, 0.1) is 0 Å². The largest absolute Gasteiger partial charge is 0.330 e. The first-order valence-corrected chi connectivity index (χ1v) is 15.2. The summed E-state index contributed by atoms with van der Waals surface area (Å²) in [7, 11) is 0. The molecule has 3 rings (SSSR count). The van der Waals surface area contributed by atoms with Crippen molar-refractivity contribution in [1.82, 2.24) is 0 Å². The van der Waals surface area contributed by atoms with Crippen LogP contribution in [0.3, 0.4) is 0 Å². The van der Waals surface area contributed by atoms with Gasteiger partial charge in [0.05, 0.1) is 0 Å². The van der Waals surface area contributed by atoms with Crippen LogP contribution in [0.25, 0.3) is 29.3 Å². The molecule has 2 nitrogen and oxygen atoms in total. The van der Waals surface area contributed by atoms with E-state index in [2.05, 4.69) is 62.8 Å². The van der Waals surface area contributed by atoms with Crippen LogP contribution in [0.4, 0.5) is 0 Å². The Morgan fingerprint density at radius 3 is 1.88 bits per heavy atom. The number of nitrogens with two attached hydrogens (primary N) is 2. The van der Waals surface area contributed by atoms with E-state index in [1.54, 1.807) is 23.5 Å². The second-order valence-corrected chi connectivity index (χ2v) is 12.1. The molecule has 0 radical (unpaired) electrons. The van der Waals surface area contributed by atoms with Crippen LogP contribution >= 0.6 is 57.5 Å². The second-order valence-electron chi connectivity index (χ2n) is 7.08. The van der Waals surface area contributed by atoms with Gasteiger partial charge in [-0.05, 0) is 86.0 Å². The lowest BCUT2D eigenvalue weighted by Gasteiger charge is -2.00. The van der Waals surface area contributed by atoms with Crippen molar-refractivity contribution >= 4 is 67.3 Å². The molecule has 174 valence electrons. The fourth-order valence-corrected chi connectivity index (χ4v) is 8.73. The van der Waals surface area contributed by atoms with Gasteiger partial charge in [0, 0.05) is 39.1 Å². The van der Waals surface area contributed by atoms with E-state index >= 15 is 0 Å². The smallest absolute Gasteiger partial charge is 0.0482 e. The van der Waals surface area contributed by atoms with Gasteiger partial charge in [0.15, 0.2) is 0 Å². The van der Waals surface area contributed by atoms with E-state index in [0.29, 0.717) is 13.1 Å². The van der Waals surface area contributed by atoms with Gasteiger partial charge in [-0.3, -0.25) is 0 Å². The normalized spacial score (nSPS) is 12.4. The van der Waals surface area contributed by atoms with Crippen LogP contribution in [-0.4, -0.2) is 19.3 Å². The predicted molar refractivity (Wildman–Crippen MR) is 160 cm³/mol. The summed E-state index contributed by atoms with van der Waals surface area (Å²) in [5, 5.41) is 1.89. The minimum absolute atomic E-state index is 0.642. The Morgan fingerprint density at radius 2 is 1.45 bits per heavy atom. The van der Waals surface area contributed by atoms with Crippen molar-refractivity contribution in [3.63, 3.8) is 0 Å². The third-order valence-electron chi connectivity index (χ3n) is 4.95. The fourth-order valence-electron chi connectivity index (χ4n) is 3.50. The zero-order valence-corrected chi connectivity index (χ0v) is 23.1. The molecule has 0 amide bonds. The van der Waals surface area contributed by atoms with Crippen molar-refractivity contribution in [1.29, 1.82) is 0 Å². The van der Waals surface area contributed by atoms with Crippen LogP contribution in [-0.2, 0) is 12.8 Å². The monoisotopic (exact) mass is 530 g/mol. The molecule has 3 aromatic heterocycles. The summed E-state index contributed by atoms with van der Waals surface area (Å²) >= 11 is 8.97. The molecule has 0 aliphatic rings. The topological polar surface area (TPSA) is 52.0 Å². The molecule has 0 atom stereocenters. The second kappa shape index (κ2) is 13.0. The maximum Gasteiger partial charge on any atom is 0.0482 e. The van der Waals surface area contributed by atoms with Gasteiger partial charge in [0.25, 0.3) is 0 Å². The van der Waals surface area contributed by atoms with Gasteiger partial charge < -0.3 is 11.5 Å². The zero-order valence-electron chi connectivity index (χ0n) is 19.1. The van der Waals surface area contributed by atoms with E-state index in [1.165, 1.54) is 50.2 Å². The highest BCUT2D eigenvalue weighted by Crippen LogP contribution is 2.47. The molecule has 0 aliphatic carbocycles. The van der Waals surface area contributed by atoms with E-state index in [9.17, 15) is 0 Å². The number of hydrogen-bond donors (Lipinski definition) is 2. The maximum absolute atomic E-state index is 5.95. The summed E-state index contributed by atoms with van der Waals surface area (Å²) in [6.07, 6.45) is 9.95. The third-order valence-corrected chi connectivity index (χ3v) is 10.7. The zero-order chi connectivity index (χ0) is 23.8. The molecule has 3 heterocycles. The van der Waals surface area contributed by atoms with E-state index < -0.39 is 0 Å². The lowest BCUT2D eigenvalue weighted by molar-refractivity contribution is 0.976. The van der Waals surface area contributed by atoms with Crippen molar-refractivity contribution in [3.8, 4) is 19.5 Å². The first-order chi connectivity index (χ1) is 16.1. The average Bonchev–Trinajstić information content (AvgIpc) is 3.54. The quantitative estimate of drug-likeness (QED) is 0.231. The Labute approximate surface area is 218 Å². The minimum atomic E-state index is 0.642. The Morgan fingerprint density at radius 1 is 0.909 bits per heavy atom. The number of thioether (sulfide) groups is 2. The third kappa shape index (κ3) is 6.22. The lowest BCUT2D eigenvalue weighted by Crippen LogP contribution is -2.02. The van der Waals surface area contributed by atoms with Crippen molar-refractivity contribution < 1.29 is 0 Å². The van der Waals surface area contributed by atoms with Gasteiger partial charge >= 0.3 is 0 Å². The molecule has 3 aromatic rings. The molecule has 0 spiro atoms. The highest BCUT2D eigenvalue weighted by molar-refractivity contribution is 8.11. The molecule has 0 fully saturated rings. The summed E-state index contributed by atoms with van der Waals surface area (Å²) in [5.74, 6) is 0. The Bertz CT molecular complexity index is 1160. The maximum atomic E-state index is 5.95. The summed E-state index contributed by atoms with van der Waals surface area (Å²) in [6.45, 7) is 11.1. The molecular formula is C26H30N2S5. The molecular weight excluding hydrogens is 501 g/mol. The SMILES string of the molecule is C=C/C=C(\SC)c1cc(CCN)c(-c2ccc(-c3sc(/C(=C/C)SC=C)cc3CCN)s2)s1. The van der Waals surface area contributed by atoms with Crippen LogP contribution in [0.5, 0.6) is 0 Å². The summed E-state index contributed by atoms with van der Waals surface area (Å²) in [6, 6.07) is 9.11. The Kier molecular flexibility index (Phi) is 10.3. The van der Waals surface area contributed by atoms with Crippen molar-refractivity contribution in [3.05, 3.63) is 81.9 Å². The lowest BCUT2D eigenvalue weighted by atomic mass is 10.1. The molecule has 4 N–H and O–H groups in total. The molecule has 0 saturated heterocycles. The average molecular weight is 531 g/mol. The van der Waals surface area contributed by atoms with Crippen molar-refractivity contribution in [2.75, 3.05) is 19.3 Å². The molecule has 33 heavy (non-hydrogen) atoms. The Balaban J connectivity index is 2.04. The van der Waals surface area contributed by atoms with Crippen LogP contribution in [0.15, 0.2) is 61.1 Å². The molecule has 0 bridgehead atoms. The van der Waals surface area contributed by atoms with Gasteiger partial charge in [-0.2, -0.15) is 0 Å². The van der Waals surface area contributed by atoms with Crippen molar-refractivity contribution in [2.45, 2.75) is 19.8 Å². The first-order valence-electron chi connectivity index (χ1n) is 10.7.